The number of carbonyl (C=O) groups is 1. The van der Waals surface area contributed by atoms with Gasteiger partial charge in [0.2, 0.25) is 15.9 Å². The van der Waals surface area contributed by atoms with Crippen LogP contribution >= 0.6 is 0 Å². The van der Waals surface area contributed by atoms with E-state index in [1.165, 1.54) is 24.3 Å². The number of nitrogens with zero attached hydrogens (tertiary/aromatic N) is 2. The summed E-state index contributed by atoms with van der Waals surface area (Å²) in [5, 5.41) is 11.9. The van der Waals surface area contributed by atoms with Gasteiger partial charge in [0.1, 0.15) is 0 Å². The number of nitrogens with one attached hydrogen (secondary N) is 2. The van der Waals surface area contributed by atoms with E-state index < -0.39 is 10.0 Å². The van der Waals surface area contributed by atoms with Crippen molar-refractivity contribution in [2.45, 2.75) is 4.90 Å². The van der Waals surface area contributed by atoms with Crippen LogP contribution < -0.4 is 10.0 Å². The molecule has 21 heavy (non-hydrogen) atoms. The minimum Gasteiger partial charge on any atom is -0.339 e. The summed E-state index contributed by atoms with van der Waals surface area (Å²) in [7, 11) is -3.79. The first-order valence-corrected chi connectivity index (χ1v) is 7.99. The molecule has 1 aromatic rings. The fourth-order valence-electron chi connectivity index (χ4n) is 2.00. The number of piperazine rings is 1. The van der Waals surface area contributed by atoms with Gasteiger partial charge in [-0.25, -0.2) is 13.1 Å². The summed E-state index contributed by atoms with van der Waals surface area (Å²) < 4.78 is 26.4. The second kappa shape index (κ2) is 6.67. The van der Waals surface area contributed by atoms with E-state index in [4.69, 9.17) is 5.26 Å². The van der Waals surface area contributed by atoms with E-state index in [0.29, 0.717) is 26.2 Å². The minimum atomic E-state index is -3.79. The van der Waals surface area contributed by atoms with Crippen molar-refractivity contribution in [2.75, 3.05) is 32.7 Å². The average molecular weight is 308 g/mol. The van der Waals surface area contributed by atoms with Gasteiger partial charge in [-0.15, -0.1) is 0 Å². The fourth-order valence-corrected chi connectivity index (χ4v) is 3.02. The smallest absolute Gasteiger partial charge is 0.241 e. The van der Waals surface area contributed by atoms with Crippen LogP contribution in [0.3, 0.4) is 0 Å². The number of sulfonamides is 1. The summed E-state index contributed by atoms with van der Waals surface area (Å²) in [5.41, 5.74) is 0.256. The topological polar surface area (TPSA) is 102 Å². The van der Waals surface area contributed by atoms with Gasteiger partial charge in [-0.3, -0.25) is 4.79 Å². The molecule has 8 heteroatoms. The maximum absolute atomic E-state index is 12.1. The Morgan fingerprint density at radius 1 is 1.38 bits per heavy atom. The van der Waals surface area contributed by atoms with Gasteiger partial charge in [0.25, 0.3) is 0 Å². The average Bonchev–Trinajstić information content (AvgIpc) is 2.53. The van der Waals surface area contributed by atoms with Gasteiger partial charge in [-0.2, -0.15) is 5.26 Å². The minimum absolute atomic E-state index is 0.0188. The van der Waals surface area contributed by atoms with Crippen molar-refractivity contribution < 1.29 is 13.2 Å². The molecule has 7 nitrogen and oxygen atoms in total. The molecular formula is C13H16N4O3S. The number of hydrogen-bond acceptors (Lipinski definition) is 5. The van der Waals surface area contributed by atoms with Gasteiger partial charge >= 0.3 is 0 Å². The fraction of sp³-hybridized carbons (Fsp3) is 0.385. The highest BCUT2D eigenvalue weighted by Gasteiger charge is 2.20. The molecule has 0 unspecified atom stereocenters. The molecule has 0 saturated carbocycles. The maximum atomic E-state index is 12.1. The molecule has 0 spiro atoms. The van der Waals surface area contributed by atoms with Crippen molar-refractivity contribution in [2.24, 2.45) is 0 Å². The van der Waals surface area contributed by atoms with Crippen LogP contribution in [-0.2, 0) is 14.8 Å². The van der Waals surface area contributed by atoms with Gasteiger partial charge in [0, 0.05) is 26.2 Å². The zero-order valence-electron chi connectivity index (χ0n) is 11.4. The Kier molecular flexibility index (Phi) is 4.90. The van der Waals surface area contributed by atoms with E-state index >= 15 is 0 Å². The molecule has 1 amide bonds. The number of carbonyl (C=O) groups excluding carboxylic acids is 1. The highest BCUT2D eigenvalue weighted by atomic mass is 32.2. The zero-order valence-corrected chi connectivity index (χ0v) is 12.2. The van der Waals surface area contributed by atoms with Gasteiger partial charge < -0.3 is 10.2 Å². The summed E-state index contributed by atoms with van der Waals surface area (Å²) in [4.78, 5) is 13.5. The second-order valence-electron chi connectivity index (χ2n) is 4.59. The molecule has 0 aromatic heterocycles. The largest absolute Gasteiger partial charge is 0.339 e. The van der Waals surface area contributed by atoms with E-state index in [-0.39, 0.29) is 22.9 Å². The Bertz CT molecular complexity index is 660. The number of rotatable bonds is 4. The molecule has 1 aromatic carbocycles. The van der Waals surface area contributed by atoms with E-state index in [2.05, 4.69) is 10.0 Å². The molecule has 0 bridgehead atoms. The van der Waals surface area contributed by atoms with Crippen molar-refractivity contribution in [3.8, 4) is 6.07 Å². The van der Waals surface area contributed by atoms with Crippen LogP contribution in [0.5, 0.6) is 0 Å². The summed E-state index contributed by atoms with van der Waals surface area (Å²) in [6.07, 6.45) is 0. The number of amides is 1. The van der Waals surface area contributed by atoms with Gasteiger partial charge in [-0.05, 0) is 18.2 Å². The normalized spacial score (nSPS) is 15.5. The monoisotopic (exact) mass is 308 g/mol. The Labute approximate surface area is 123 Å². The van der Waals surface area contributed by atoms with E-state index in [9.17, 15) is 13.2 Å². The van der Waals surface area contributed by atoms with Crippen LogP contribution in [0, 0.1) is 11.3 Å². The van der Waals surface area contributed by atoms with Crippen LogP contribution in [0.25, 0.3) is 0 Å². The van der Waals surface area contributed by atoms with E-state index in [1.54, 1.807) is 4.90 Å². The van der Waals surface area contributed by atoms with Crippen LogP contribution in [0.15, 0.2) is 29.2 Å². The quantitative estimate of drug-likeness (QED) is 0.763. The third kappa shape index (κ3) is 4.01. The maximum Gasteiger partial charge on any atom is 0.241 e. The molecule has 0 radical (unpaired) electrons. The van der Waals surface area contributed by atoms with Gasteiger partial charge in [0.05, 0.1) is 23.1 Å². The highest BCUT2D eigenvalue weighted by Crippen LogP contribution is 2.10. The molecule has 0 aliphatic carbocycles. The lowest BCUT2D eigenvalue weighted by Crippen LogP contribution is -2.49. The molecule has 2 N–H and O–H groups in total. The lowest BCUT2D eigenvalue weighted by atomic mass is 10.2. The molecule has 1 heterocycles. The highest BCUT2D eigenvalue weighted by molar-refractivity contribution is 7.89. The van der Waals surface area contributed by atoms with Crippen molar-refractivity contribution in [3.63, 3.8) is 0 Å². The summed E-state index contributed by atoms with van der Waals surface area (Å²) in [5.74, 6) is -0.253. The molecule has 112 valence electrons. The summed E-state index contributed by atoms with van der Waals surface area (Å²) in [6, 6.07) is 7.55. The second-order valence-corrected chi connectivity index (χ2v) is 6.36. The summed E-state index contributed by atoms with van der Waals surface area (Å²) in [6.45, 7) is 2.29. The lowest BCUT2D eigenvalue weighted by molar-refractivity contribution is -0.130. The molecule has 1 fully saturated rings. The van der Waals surface area contributed by atoms with Crippen molar-refractivity contribution in [1.29, 1.82) is 5.26 Å². The molecule has 0 atom stereocenters. The Balaban J connectivity index is 2.00. The predicted molar refractivity (Wildman–Crippen MR) is 75.8 cm³/mol. The standard InChI is InChI=1S/C13H16N4O3S/c14-9-11-2-1-3-12(8-11)21(19,20)16-10-13(18)17-6-4-15-5-7-17/h1-3,8,15-16H,4-7,10H2. The van der Waals surface area contributed by atoms with Crippen LogP contribution in [0.1, 0.15) is 5.56 Å². The molecule has 2 rings (SSSR count). The third-order valence-corrected chi connectivity index (χ3v) is 4.56. The van der Waals surface area contributed by atoms with E-state index in [1.807, 2.05) is 6.07 Å². The third-order valence-electron chi connectivity index (χ3n) is 3.16. The summed E-state index contributed by atoms with van der Waals surface area (Å²) >= 11 is 0. The van der Waals surface area contributed by atoms with E-state index in [0.717, 1.165) is 0 Å². The molecule has 1 aliphatic heterocycles. The number of hydrogen-bond donors (Lipinski definition) is 2. The van der Waals surface area contributed by atoms with Crippen LogP contribution in [0.4, 0.5) is 0 Å². The Morgan fingerprint density at radius 3 is 2.76 bits per heavy atom. The van der Waals surface area contributed by atoms with Gasteiger partial charge in [0.15, 0.2) is 0 Å². The Hall–Kier alpha value is -1.95. The first-order chi connectivity index (χ1) is 10.0. The number of benzene rings is 1. The van der Waals surface area contributed by atoms with Crippen LogP contribution in [0.2, 0.25) is 0 Å². The van der Waals surface area contributed by atoms with Crippen molar-refractivity contribution >= 4 is 15.9 Å². The zero-order chi connectivity index (χ0) is 15.3. The predicted octanol–water partition coefficient (Wildman–Crippen LogP) is -0.732. The SMILES string of the molecule is N#Cc1cccc(S(=O)(=O)NCC(=O)N2CCNCC2)c1. The van der Waals surface area contributed by atoms with Crippen molar-refractivity contribution in [3.05, 3.63) is 29.8 Å². The molecular weight excluding hydrogens is 292 g/mol. The number of nitriles is 1. The van der Waals surface area contributed by atoms with Crippen LogP contribution in [-0.4, -0.2) is 51.9 Å². The molecule has 1 saturated heterocycles. The molecule has 1 aliphatic rings. The lowest BCUT2D eigenvalue weighted by Gasteiger charge is -2.27. The first-order valence-electron chi connectivity index (χ1n) is 6.51. The van der Waals surface area contributed by atoms with Gasteiger partial charge in [-0.1, -0.05) is 6.07 Å². The first kappa shape index (κ1) is 15.4. The Morgan fingerprint density at radius 2 is 2.10 bits per heavy atom. The van der Waals surface area contributed by atoms with Crippen molar-refractivity contribution in [1.82, 2.24) is 14.9 Å².